The number of aromatic nitrogens is 2. The van der Waals surface area contributed by atoms with Crippen LogP contribution in [0.2, 0.25) is 0 Å². The van der Waals surface area contributed by atoms with Crippen molar-refractivity contribution in [3.05, 3.63) is 30.1 Å². The zero-order valence-corrected chi connectivity index (χ0v) is 7.19. The SMILES string of the molecule is Cn1cnc2c(C(N)=O)cccc21. The van der Waals surface area contributed by atoms with Crippen LogP contribution >= 0.6 is 0 Å². The molecule has 0 spiro atoms. The summed E-state index contributed by atoms with van der Waals surface area (Å²) in [5.41, 5.74) is 7.25. The van der Waals surface area contributed by atoms with Crippen LogP contribution in [0.25, 0.3) is 11.0 Å². The molecule has 4 nitrogen and oxygen atoms in total. The minimum Gasteiger partial charge on any atom is -0.366 e. The van der Waals surface area contributed by atoms with E-state index in [2.05, 4.69) is 4.98 Å². The molecule has 0 bridgehead atoms. The number of hydrogen-bond acceptors (Lipinski definition) is 2. The van der Waals surface area contributed by atoms with Gasteiger partial charge in [0.2, 0.25) is 0 Å². The van der Waals surface area contributed by atoms with E-state index in [9.17, 15) is 4.79 Å². The minimum atomic E-state index is -0.440. The van der Waals surface area contributed by atoms with E-state index in [1.807, 2.05) is 17.7 Å². The molecule has 2 rings (SSSR count). The van der Waals surface area contributed by atoms with Gasteiger partial charge in [-0.05, 0) is 12.1 Å². The van der Waals surface area contributed by atoms with E-state index in [0.717, 1.165) is 5.52 Å². The first kappa shape index (κ1) is 7.79. The number of hydrogen-bond donors (Lipinski definition) is 1. The largest absolute Gasteiger partial charge is 0.366 e. The van der Waals surface area contributed by atoms with E-state index >= 15 is 0 Å². The number of aryl methyl sites for hydroxylation is 1. The Bertz CT molecular complexity index is 473. The van der Waals surface area contributed by atoms with Crippen molar-refractivity contribution < 1.29 is 4.79 Å². The average molecular weight is 175 g/mol. The maximum atomic E-state index is 11.0. The van der Waals surface area contributed by atoms with E-state index in [4.69, 9.17) is 5.73 Å². The Morgan fingerprint density at radius 2 is 2.31 bits per heavy atom. The molecule has 0 saturated heterocycles. The molecule has 0 fully saturated rings. The third-order valence-electron chi connectivity index (χ3n) is 2.02. The average Bonchev–Trinajstić information content (AvgIpc) is 2.48. The molecule has 0 aliphatic heterocycles. The number of carbonyl (C=O) groups is 1. The monoisotopic (exact) mass is 175 g/mol. The quantitative estimate of drug-likeness (QED) is 0.692. The van der Waals surface area contributed by atoms with Crippen LogP contribution in [0.5, 0.6) is 0 Å². The molecular formula is C9H9N3O. The molecule has 0 unspecified atom stereocenters. The predicted octanol–water partition coefficient (Wildman–Crippen LogP) is 0.672. The van der Waals surface area contributed by atoms with E-state index < -0.39 is 5.91 Å². The molecule has 0 atom stereocenters. The molecule has 0 radical (unpaired) electrons. The van der Waals surface area contributed by atoms with Crippen molar-refractivity contribution in [3.63, 3.8) is 0 Å². The van der Waals surface area contributed by atoms with Gasteiger partial charge < -0.3 is 10.3 Å². The summed E-state index contributed by atoms with van der Waals surface area (Å²) in [6.07, 6.45) is 1.66. The van der Waals surface area contributed by atoms with Crippen molar-refractivity contribution in [3.8, 4) is 0 Å². The number of nitrogens with two attached hydrogens (primary N) is 1. The standard InChI is InChI=1S/C9H9N3O/c1-12-5-11-8-6(9(10)13)3-2-4-7(8)12/h2-5H,1H3,(H2,10,13). The van der Waals surface area contributed by atoms with Gasteiger partial charge in [0.05, 0.1) is 17.4 Å². The Hall–Kier alpha value is -1.84. The first-order valence-electron chi connectivity index (χ1n) is 3.90. The second-order valence-electron chi connectivity index (χ2n) is 2.89. The van der Waals surface area contributed by atoms with Gasteiger partial charge in [0.25, 0.3) is 5.91 Å². The summed E-state index contributed by atoms with van der Waals surface area (Å²) in [4.78, 5) is 15.1. The third-order valence-corrected chi connectivity index (χ3v) is 2.02. The van der Waals surface area contributed by atoms with Crippen LogP contribution in [-0.4, -0.2) is 15.5 Å². The van der Waals surface area contributed by atoms with Gasteiger partial charge in [-0.15, -0.1) is 0 Å². The summed E-state index contributed by atoms with van der Waals surface area (Å²) in [6.45, 7) is 0. The molecule has 1 amide bonds. The lowest BCUT2D eigenvalue weighted by Crippen LogP contribution is -2.11. The Labute approximate surface area is 75.0 Å². The summed E-state index contributed by atoms with van der Waals surface area (Å²) in [7, 11) is 1.88. The lowest BCUT2D eigenvalue weighted by molar-refractivity contribution is 0.100. The van der Waals surface area contributed by atoms with Crippen LogP contribution in [0.1, 0.15) is 10.4 Å². The van der Waals surface area contributed by atoms with E-state index in [1.54, 1.807) is 18.5 Å². The zero-order valence-electron chi connectivity index (χ0n) is 7.19. The summed E-state index contributed by atoms with van der Waals surface area (Å²) in [5, 5.41) is 0. The summed E-state index contributed by atoms with van der Waals surface area (Å²) in [5.74, 6) is -0.440. The number of fused-ring (bicyclic) bond motifs is 1. The van der Waals surface area contributed by atoms with Crippen molar-refractivity contribution in [2.24, 2.45) is 12.8 Å². The van der Waals surface area contributed by atoms with E-state index in [-0.39, 0.29) is 0 Å². The Kier molecular flexibility index (Phi) is 1.55. The summed E-state index contributed by atoms with van der Waals surface area (Å²) in [6, 6.07) is 5.37. The van der Waals surface area contributed by atoms with Crippen LogP contribution in [-0.2, 0) is 7.05 Å². The number of nitrogens with zero attached hydrogens (tertiary/aromatic N) is 2. The number of para-hydroxylation sites is 1. The van der Waals surface area contributed by atoms with Gasteiger partial charge in [-0.2, -0.15) is 0 Å². The number of rotatable bonds is 1. The van der Waals surface area contributed by atoms with Gasteiger partial charge in [0.15, 0.2) is 0 Å². The molecule has 2 aromatic rings. The fourth-order valence-corrected chi connectivity index (χ4v) is 1.36. The molecule has 13 heavy (non-hydrogen) atoms. The van der Waals surface area contributed by atoms with Crippen molar-refractivity contribution in [2.45, 2.75) is 0 Å². The zero-order chi connectivity index (χ0) is 9.42. The molecule has 0 aliphatic carbocycles. The number of carbonyl (C=O) groups excluding carboxylic acids is 1. The van der Waals surface area contributed by atoms with Crippen molar-refractivity contribution >= 4 is 16.9 Å². The number of amides is 1. The van der Waals surface area contributed by atoms with Crippen LogP contribution in [0, 0.1) is 0 Å². The van der Waals surface area contributed by atoms with Crippen molar-refractivity contribution in [1.29, 1.82) is 0 Å². The normalized spacial score (nSPS) is 10.5. The maximum absolute atomic E-state index is 11.0. The molecule has 4 heteroatoms. The minimum absolute atomic E-state index is 0.440. The Morgan fingerprint density at radius 3 is 3.00 bits per heavy atom. The van der Waals surface area contributed by atoms with Gasteiger partial charge in [0, 0.05) is 7.05 Å². The number of benzene rings is 1. The molecule has 66 valence electrons. The van der Waals surface area contributed by atoms with E-state index in [1.165, 1.54) is 0 Å². The lowest BCUT2D eigenvalue weighted by atomic mass is 10.2. The lowest BCUT2D eigenvalue weighted by Gasteiger charge is -1.97. The van der Waals surface area contributed by atoms with Crippen molar-refractivity contribution in [2.75, 3.05) is 0 Å². The van der Waals surface area contributed by atoms with Crippen LogP contribution in [0.4, 0.5) is 0 Å². The predicted molar refractivity (Wildman–Crippen MR) is 49.2 cm³/mol. The maximum Gasteiger partial charge on any atom is 0.250 e. The highest BCUT2D eigenvalue weighted by Gasteiger charge is 2.08. The molecule has 0 aliphatic rings. The molecule has 1 aromatic heterocycles. The second-order valence-corrected chi connectivity index (χ2v) is 2.89. The summed E-state index contributed by atoms with van der Waals surface area (Å²) < 4.78 is 1.85. The van der Waals surface area contributed by atoms with Gasteiger partial charge in [-0.1, -0.05) is 6.07 Å². The fourth-order valence-electron chi connectivity index (χ4n) is 1.36. The highest BCUT2D eigenvalue weighted by atomic mass is 16.1. The van der Waals surface area contributed by atoms with Gasteiger partial charge in [-0.25, -0.2) is 4.98 Å². The fraction of sp³-hybridized carbons (Fsp3) is 0.111. The van der Waals surface area contributed by atoms with E-state index in [0.29, 0.717) is 11.1 Å². The smallest absolute Gasteiger partial charge is 0.250 e. The first-order chi connectivity index (χ1) is 6.20. The Morgan fingerprint density at radius 1 is 1.54 bits per heavy atom. The van der Waals surface area contributed by atoms with Gasteiger partial charge in [-0.3, -0.25) is 4.79 Å². The molecular weight excluding hydrogens is 166 g/mol. The topological polar surface area (TPSA) is 60.9 Å². The molecule has 1 heterocycles. The van der Waals surface area contributed by atoms with Crippen molar-refractivity contribution in [1.82, 2.24) is 9.55 Å². The molecule has 1 aromatic carbocycles. The summed E-state index contributed by atoms with van der Waals surface area (Å²) >= 11 is 0. The van der Waals surface area contributed by atoms with Gasteiger partial charge >= 0.3 is 0 Å². The van der Waals surface area contributed by atoms with Crippen LogP contribution in [0.3, 0.4) is 0 Å². The number of primary amides is 1. The molecule has 2 N–H and O–H groups in total. The second kappa shape index (κ2) is 2.58. The highest BCUT2D eigenvalue weighted by Crippen LogP contribution is 2.15. The van der Waals surface area contributed by atoms with Crippen LogP contribution in [0.15, 0.2) is 24.5 Å². The first-order valence-corrected chi connectivity index (χ1v) is 3.90. The van der Waals surface area contributed by atoms with Crippen LogP contribution < -0.4 is 5.73 Å². The third kappa shape index (κ3) is 1.07. The number of imidazole rings is 1. The highest BCUT2D eigenvalue weighted by molar-refractivity contribution is 6.03. The molecule has 0 saturated carbocycles. The van der Waals surface area contributed by atoms with Gasteiger partial charge in [0.1, 0.15) is 5.52 Å². The Balaban J connectivity index is 2.84.